The van der Waals surface area contributed by atoms with E-state index in [1.807, 2.05) is 35.3 Å². The standard InChI is InChI=1S/C21H32N6O/c1-17-5-7-19(8-6-17)28-20-15-18(9-12-23-20)16-25-21(22-2)24-10-3-13-27-14-4-11-26-27/h4,9,11-12,14-15,17,19H,3,5-8,10,13,16H2,1-2H3,(H2,22,24,25). The first-order valence-electron chi connectivity index (χ1n) is 10.3. The predicted octanol–water partition coefficient (Wildman–Crippen LogP) is 2.99. The van der Waals surface area contributed by atoms with Gasteiger partial charge in [0.15, 0.2) is 5.96 Å². The summed E-state index contributed by atoms with van der Waals surface area (Å²) in [5, 5.41) is 10.9. The van der Waals surface area contributed by atoms with E-state index < -0.39 is 0 Å². The highest BCUT2D eigenvalue weighted by atomic mass is 16.5. The zero-order chi connectivity index (χ0) is 19.6. The SMILES string of the molecule is CN=C(NCCCn1cccn1)NCc1ccnc(OC2CCC(C)CC2)c1. The van der Waals surface area contributed by atoms with Crippen LogP contribution in [0.2, 0.25) is 0 Å². The van der Waals surface area contributed by atoms with Crippen LogP contribution < -0.4 is 15.4 Å². The molecular weight excluding hydrogens is 352 g/mol. The summed E-state index contributed by atoms with van der Waals surface area (Å²) >= 11 is 0. The van der Waals surface area contributed by atoms with Gasteiger partial charge in [-0.05, 0) is 55.7 Å². The van der Waals surface area contributed by atoms with Crippen molar-refractivity contribution in [3.05, 3.63) is 42.4 Å². The van der Waals surface area contributed by atoms with E-state index in [9.17, 15) is 0 Å². The minimum absolute atomic E-state index is 0.302. The van der Waals surface area contributed by atoms with Crippen molar-refractivity contribution >= 4 is 5.96 Å². The Kier molecular flexibility index (Phi) is 7.70. The summed E-state index contributed by atoms with van der Waals surface area (Å²) in [6, 6.07) is 5.97. The number of nitrogens with one attached hydrogen (secondary N) is 2. The van der Waals surface area contributed by atoms with Gasteiger partial charge in [0.2, 0.25) is 5.88 Å². The van der Waals surface area contributed by atoms with Gasteiger partial charge in [-0.3, -0.25) is 9.67 Å². The predicted molar refractivity (Wildman–Crippen MR) is 111 cm³/mol. The van der Waals surface area contributed by atoms with Crippen molar-refractivity contribution in [3.63, 3.8) is 0 Å². The number of aromatic nitrogens is 3. The molecule has 3 rings (SSSR count). The van der Waals surface area contributed by atoms with Gasteiger partial charge in [-0.1, -0.05) is 6.92 Å². The first-order valence-corrected chi connectivity index (χ1v) is 10.3. The summed E-state index contributed by atoms with van der Waals surface area (Å²) in [6.07, 6.45) is 11.6. The molecule has 0 spiro atoms. The van der Waals surface area contributed by atoms with E-state index in [2.05, 4.69) is 32.6 Å². The molecule has 28 heavy (non-hydrogen) atoms. The fraction of sp³-hybridized carbons (Fsp3) is 0.571. The van der Waals surface area contributed by atoms with Crippen molar-refractivity contribution in [2.45, 2.75) is 58.2 Å². The molecule has 1 fully saturated rings. The van der Waals surface area contributed by atoms with Crippen molar-refractivity contribution in [2.75, 3.05) is 13.6 Å². The van der Waals surface area contributed by atoms with Crippen LogP contribution in [0.3, 0.4) is 0 Å². The Bertz CT molecular complexity index is 722. The number of guanidine groups is 1. The highest BCUT2D eigenvalue weighted by molar-refractivity contribution is 5.79. The third-order valence-electron chi connectivity index (χ3n) is 5.15. The van der Waals surface area contributed by atoms with Crippen LogP contribution >= 0.6 is 0 Å². The lowest BCUT2D eigenvalue weighted by Crippen LogP contribution is -2.37. The van der Waals surface area contributed by atoms with E-state index in [-0.39, 0.29) is 0 Å². The minimum Gasteiger partial charge on any atom is -0.474 e. The third-order valence-corrected chi connectivity index (χ3v) is 5.15. The highest BCUT2D eigenvalue weighted by Crippen LogP contribution is 2.26. The van der Waals surface area contributed by atoms with Crippen LogP contribution in [-0.2, 0) is 13.1 Å². The molecule has 2 aromatic rings. The minimum atomic E-state index is 0.302. The van der Waals surface area contributed by atoms with Gasteiger partial charge in [0, 0.05) is 51.3 Å². The van der Waals surface area contributed by atoms with Gasteiger partial charge >= 0.3 is 0 Å². The van der Waals surface area contributed by atoms with Gasteiger partial charge in [0.05, 0.1) is 0 Å². The maximum Gasteiger partial charge on any atom is 0.213 e. The van der Waals surface area contributed by atoms with Crippen LogP contribution in [-0.4, -0.2) is 40.4 Å². The van der Waals surface area contributed by atoms with E-state index in [0.29, 0.717) is 12.6 Å². The normalized spacial score (nSPS) is 20.0. The second-order valence-corrected chi connectivity index (χ2v) is 7.48. The smallest absolute Gasteiger partial charge is 0.213 e. The lowest BCUT2D eigenvalue weighted by atomic mass is 9.89. The van der Waals surface area contributed by atoms with Gasteiger partial charge in [-0.2, -0.15) is 5.10 Å². The van der Waals surface area contributed by atoms with Gasteiger partial charge < -0.3 is 15.4 Å². The molecule has 0 saturated heterocycles. The maximum atomic E-state index is 6.10. The first kappa shape index (κ1) is 20.2. The van der Waals surface area contributed by atoms with Crippen LogP contribution in [0.25, 0.3) is 0 Å². The monoisotopic (exact) mass is 384 g/mol. The molecule has 0 amide bonds. The molecule has 1 aliphatic rings. The van der Waals surface area contributed by atoms with Crippen LogP contribution in [0.1, 0.15) is 44.6 Å². The Morgan fingerprint density at radius 1 is 1.25 bits per heavy atom. The topological polar surface area (TPSA) is 76.4 Å². The molecular formula is C21H32N6O. The molecule has 2 aromatic heterocycles. The molecule has 0 unspecified atom stereocenters. The summed E-state index contributed by atoms with van der Waals surface area (Å²) in [7, 11) is 1.79. The van der Waals surface area contributed by atoms with Gasteiger partial charge in [-0.15, -0.1) is 0 Å². The number of rotatable bonds is 8. The molecule has 1 aliphatic carbocycles. The fourth-order valence-corrected chi connectivity index (χ4v) is 3.43. The van der Waals surface area contributed by atoms with Crippen molar-refractivity contribution in [1.82, 2.24) is 25.4 Å². The van der Waals surface area contributed by atoms with Crippen molar-refractivity contribution < 1.29 is 4.74 Å². The Balaban J connectivity index is 1.40. The van der Waals surface area contributed by atoms with Gasteiger partial charge in [-0.25, -0.2) is 4.98 Å². The Labute approximate surface area is 167 Å². The number of hydrogen-bond donors (Lipinski definition) is 2. The molecule has 2 N–H and O–H groups in total. The second-order valence-electron chi connectivity index (χ2n) is 7.48. The van der Waals surface area contributed by atoms with E-state index in [1.165, 1.54) is 12.8 Å². The van der Waals surface area contributed by atoms with Crippen molar-refractivity contribution in [3.8, 4) is 5.88 Å². The number of nitrogens with zero attached hydrogens (tertiary/aromatic N) is 4. The maximum absolute atomic E-state index is 6.10. The van der Waals surface area contributed by atoms with Crippen LogP contribution in [0.4, 0.5) is 0 Å². The number of ether oxygens (including phenoxy) is 1. The van der Waals surface area contributed by atoms with Crippen LogP contribution in [0.15, 0.2) is 41.8 Å². The first-order chi connectivity index (χ1) is 13.7. The summed E-state index contributed by atoms with van der Waals surface area (Å²) in [4.78, 5) is 8.67. The zero-order valence-electron chi connectivity index (χ0n) is 17.0. The Hall–Kier alpha value is -2.57. The average Bonchev–Trinajstić information content (AvgIpc) is 3.23. The van der Waals surface area contributed by atoms with Crippen molar-refractivity contribution in [2.24, 2.45) is 10.9 Å². The molecule has 2 heterocycles. The number of pyridine rings is 1. The average molecular weight is 385 g/mol. The molecule has 0 atom stereocenters. The summed E-state index contributed by atoms with van der Waals surface area (Å²) in [5.74, 6) is 2.34. The molecule has 0 bridgehead atoms. The number of aliphatic imine (C=N–C) groups is 1. The molecule has 0 aliphatic heterocycles. The van der Waals surface area contributed by atoms with E-state index in [4.69, 9.17) is 4.74 Å². The molecule has 7 heteroatoms. The quantitative estimate of drug-likeness (QED) is 0.416. The highest BCUT2D eigenvalue weighted by Gasteiger charge is 2.19. The second kappa shape index (κ2) is 10.7. The molecule has 152 valence electrons. The zero-order valence-corrected chi connectivity index (χ0v) is 17.0. The van der Waals surface area contributed by atoms with Crippen LogP contribution in [0.5, 0.6) is 5.88 Å². The molecule has 0 aromatic carbocycles. The Morgan fingerprint density at radius 3 is 2.86 bits per heavy atom. The van der Waals surface area contributed by atoms with Crippen molar-refractivity contribution in [1.29, 1.82) is 0 Å². The largest absolute Gasteiger partial charge is 0.474 e. The fourth-order valence-electron chi connectivity index (χ4n) is 3.43. The third kappa shape index (κ3) is 6.55. The lowest BCUT2D eigenvalue weighted by Gasteiger charge is -2.26. The Morgan fingerprint density at radius 2 is 2.11 bits per heavy atom. The summed E-state index contributed by atoms with van der Waals surface area (Å²) in [6.45, 7) is 4.73. The summed E-state index contributed by atoms with van der Waals surface area (Å²) in [5.41, 5.74) is 1.13. The number of aryl methyl sites for hydroxylation is 1. The van der Waals surface area contributed by atoms with E-state index >= 15 is 0 Å². The number of hydrogen-bond acceptors (Lipinski definition) is 4. The summed E-state index contributed by atoms with van der Waals surface area (Å²) < 4.78 is 8.03. The van der Waals surface area contributed by atoms with E-state index in [1.54, 1.807) is 13.2 Å². The molecule has 0 radical (unpaired) electrons. The lowest BCUT2D eigenvalue weighted by molar-refractivity contribution is 0.130. The van der Waals surface area contributed by atoms with Gasteiger partial charge in [0.1, 0.15) is 6.10 Å². The molecule has 7 nitrogen and oxygen atoms in total. The van der Waals surface area contributed by atoms with Gasteiger partial charge in [0.25, 0.3) is 0 Å². The van der Waals surface area contributed by atoms with Crippen LogP contribution in [0, 0.1) is 5.92 Å². The van der Waals surface area contributed by atoms with E-state index in [0.717, 1.165) is 55.7 Å². The molecule has 1 saturated carbocycles.